The van der Waals surface area contributed by atoms with Gasteiger partial charge in [0.05, 0.1) is 23.6 Å². The lowest BCUT2D eigenvalue weighted by atomic mass is 9.70. The fraction of sp³-hybridized carbons (Fsp3) is 0.484. The lowest BCUT2D eigenvalue weighted by molar-refractivity contribution is -0.134. The van der Waals surface area contributed by atoms with Crippen LogP contribution < -0.4 is 15.0 Å². The number of nitrogens with zero attached hydrogens (tertiary/aromatic N) is 4. The molecule has 4 aliphatic rings. The van der Waals surface area contributed by atoms with Crippen molar-refractivity contribution >= 4 is 34.2 Å². The van der Waals surface area contributed by atoms with Gasteiger partial charge in [0.2, 0.25) is 11.8 Å². The number of nitrogens with one attached hydrogen (secondary N) is 1. The predicted octanol–water partition coefficient (Wildman–Crippen LogP) is 4.60. The van der Waals surface area contributed by atoms with Crippen LogP contribution in [-0.2, 0) is 15.1 Å². The van der Waals surface area contributed by atoms with E-state index in [1.165, 1.54) is 30.7 Å². The monoisotopic (exact) mass is 541 g/mol. The molecule has 3 amide bonds. The van der Waals surface area contributed by atoms with Gasteiger partial charge in [-0.2, -0.15) is 5.10 Å². The zero-order valence-electron chi connectivity index (χ0n) is 23.1. The summed E-state index contributed by atoms with van der Waals surface area (Å²) in [5, 5.41) is 8.64. The average molecular weight is 542 g/mol. The van der Waals surface area contributed by atoms with Crippen molar-refractivity contribution in [2.45, 2.75) is 70.4 Å². The topological polar surface area (TPSA) is 96.8 Å². The Kier molecular flexibility index (Phi) is 5.78. The molecule has 1 aliphatic carbocycles. The van der Waals surface area contributed by atoms with Gasteiger partial charge in [0, 0.05) is 42.4 Å². The van der Waals surface area contributed by atoms with Gasteiger partial charge < -0.3 is 9.64 Å². The minimum atomic E-state index is -0.713. The molecule has 3 fully saturated rings. The highest BCUT2D eigenvalue weighted by Crippen LogP contribution is 2.45. The number of anilines is 1. The molecule has 0 radical (unpaired) electrons. The Morgan fingerprint density at radius 1 is 1.05 bits per heavy atom. The van der Waals surface area contributed by atoms with E-state index in [0.29, 0.717) is 34.6 Å². The number of ether oxygens (including phenoxy) is 1. The van der Waals surface area contributed by atoms with Gasteiger partial charge in [-0.15, -0.1) is 0 Å². The molecule has 9 heteroatoms. The fourth-order valence-corrected chi connectivity index (χ4v) is 6.99. The number of benzene rings is 2. The molecule has 1 atom stereocenters. The van der Waals surface area contributed by atoms with Gasteiger partial charge in [-0.3, -0.25) is 29.3 Å². The predicted molar refractivity (Wildman–Crippen MR) is 151 cm³/mol. The van der Waals surface area contributed by atoms with Gasteiger partial charge in [0.15, 0.2) is 5.75 Å². The van der Waals surface area contributed by atoms with Crippen LogP contribution in [0.1, 0.15) is 69.2 Å². The van der Waals surface area contributed by atoms with E-state index < -0.39 is 11.9 Å². The maximum atomic E-state index is 13.4. The van der Waals surface area contributed by atoms with Crippen LogP contribution in [0.2, 0.25) is 0 Å². The van der Waals surface area contributed by atoms with Crippen LogP contribution in [0.3, 0.4) is 0 Å². The number of piperidine rings is 2. The van der Waals surface area contributed by atoms with E-state index in [1.54, 1.807) is 12.3 Å². The third-order valence-electron chi connectivity index (χ3n) is 9.65. The Bertz CT molecular complexity index is 1530. The van der Waals surface area contributed by atoms with Crippen LogP contribution in [0.15, 0.2) is 42.7 Å². The number of likely N-dealkylation sites (tertiary alicyclic amines) is 1. The Labute approximate surface area is 233 Å². The quantitative estimate of drug-likeness (QED) is 0.459. The van der Waals surface area contributed by atoms with Crippen LogP contribution in [0.5, 0.6) is 11.5 Å². The molecule has 3 aromatic rings. The highest BCUT2D eigenvalue weighted by molar-refractivity contribution is 6.27. The molecule has 1 unspecified atom stereocenters. The Morgan fingerprint density at radius 3 is 2.58 bits per heavy atom. The summed E-state index contributed by atoms with van der Waals surface area (Å²) >= 11 is 0. The number of aromatic nitrogens is 2. The van der Waals surface area contributed by atoms with Gasteiger partial charge in [0.1, 0.15) is 11.8 Å². The number of carbonyl (C=O) groups is 3. The van der Waals surface area contributed by atoms with Gasteiger partial charge >= 0.3 is 0 Å². The summed E-state index contributed by atoms with van der Waals surface area (Å²) in [5.41, 5.74) is 1.65. The van der Waals surface area contributed by atoms with E-state index in [0.717, 1.165) is 36.7 Å². The highest BCUT2D eigenvalue weighted by atomic mass is 16.5. The molecule has 40 heavy (non-hydrogen) atoms. The Hall–Kier alpha value is -3.72. The first-order valence-corrected chi connectivity index (χ1v) is 14.4. The number of carbonyl (C=O) groups excluding carboxylic acids is 3. The standard InChI is InChI=1S/C31H35N5O4/c1-30(11-4-12-30)19-34-15-13-31(2,14-16-34)35-18-20(17-32-35)40-25-9-7-23-27-21(25)5-3-6-22(27)29(39)36(23)24-8-10-26(37)33-28(24)38/h3,5-7,9,17-18,24H,4,8,10-16,19H2,1-2H3,(H,33,37,38). The van der Waals surface area contributed by atoms with Crippen LogP contribution >= 0.6 is 0 Å². The zero-order valence-corrected chi connectivity index (χ0v) is 23.1. The van der Waals surface area contributed by atoms with Gasteiger partial charge in [-0.1, -0.05) is 25.5 Å². The normalized spacial score (nSPS) is 23.8. The second-order valence-corrected chi connectivity index (χ2v) is 12.6. The summed E-state index contributed by atoms with van der Waals surface area (Å²) in [6.45, 7) is 8.05. The van der Waals surface area contributed by atoms with Crippen LogP contribution in [0.25, 0.3) is 10.8 Å². The smallest absolute Gasteiger partial charge is 0.259 e. The summed E-state index contributed by atoms with van der Waals surface area (Å²) in [6.07, 6.45) is 10.4. The Balaban J connectivity index is 1.11. The van der Waals surface area contributed by atoms with Crippen LogP contribution in [0.4, 0.5) is 5.69 Å². The molecule has 2 saturated heterocycles. The van der Waals surface area contributed by atoms with Crippen LogP contribution in [-0.4, -0.2) is 58.1 Å². The van der Waals surface area contributed by atoms with E-state index in [2.05, 4.69) is 28.7 Å². The van der Waals surface area contributed by atoms with E-state index in [9.17, 15) is 14.4 Å². The number of hydrogen-bond acceptors (Lipinski definition) is 6. The maximum Gasteiger partial charge on any atom is 0.259 e. The number of hydrogen-bond donors (Lipinski definition) is 1. The largest absolute Gasteiger partial charge is 0.453 e. The molecule has 208 valence electrons. The minimum absolute atomic E-state index is 0.0600. The van der Waals surface area contributed by atoms with Crippen LogP contribution in [0, 0.1) is 5.41 Å². The maximum absolute atomic E-state index is 13.4. The summed E-state index contributed by atoms with van der Waals surface area (Å²) in [5.74, 6) is 0.312. The molecule has 1 N–H and O–H groups in total. The molecule has 7 rings (SSSR count). The molecule has 0 bridgehead atoms. The molecule has 9 nitrogen and oxygen atoms in total. The zero-order chi connectivity index (χ0) is 27.6. The fourth-order valence-electron chi connectivity index (χ4n) is 6.99. The first-order chi connectivity index (χ1) is 19.2. The summed E-state index contributed by atoms with van der Waals surface area (Å²) in [7, 11) is 0. The molecule has 4 heterocycles. The van der Waals surface area contributed by atoms with E-state index in [4.69, 9.17) is 9.84 Å². The van der Waals surface area contributed by atoms with Crippen molar-refractivity contribution in [3.05, 3.63) is 48.3 Å². The SMILES string of the molecule is CC1(CN2CCC(C)(n3cc(Oc4ccc5c6c(cccc46)C(=O)N5C4CCC(=O)NC4=O)cn3)CC2)CCC1. The average Bonchev–Trinajstić information content (AvgIpc) is 3.51. The van der Waals surface area contributed by atoms with Crippen molar-refractivity contribution in [1.82, 2.24) is 20.0 Å². The highest BCUT2D eigenvalue weighted by Gasteiger charge is 2.41. The van der Waals surface area contributed by atoms with Crippen molar-refractivity contribution in [3.8, 4) is 11.5 Å². The van der Waals surface area contributed by atoms with Crippen molar-refractivity contribution in [1.29, 1.82) is 0 Å². The number of rotatable bonds is 6. The molecule has 0 spiro atoms. The van der Waals surface area contributed by atoms with Gasteiger partial charge in [-0.25, -0.2) is 0 Å². The molecular formula is C31H35N5O4. The lowest BCUT2D eigenvalue weighted by Crippen LogP contribution is -2.53. The molecule has 1 aromatic heterocycles. The number of amides is 3. The van der Waals surface area contributed by atoms with Gasteiger partial charge in [-0.05, 0) is 62.6 Å². The molecule has 3 aliphatic heterocycles. The first-order valence-electron chi connectivity index (χ1n) is 14.4. The second-order valence-electron chi connectivity index (χ2n) is 12.6. The van der Waals surface area contributed by atoms with E-state index >= 15 is 0 Å². The molecule has 2 aromatic carbocycles. The first kappa shape index (κ1) is 25.3. The van der Waals surface area contributed by atoms with Crippen molar-refractivity contribution in [2.24, 2.45) is 5.41 Å². The van der Waals surface area contributed by atoms with E-state index in [1.807, 2.05) is 30.5 Å². The van der Waals surface area contributed by atoms with Crippen molar-refractivity contribution < 1.29 is 19.1 Å². The summed E-state index contributed by atoms with van der Waals surface area (Å²) in [4.78, 5) is 41.8. The number of imide groups is 1. The molecule has 1 saturated carbocycles. The third-order valence-corrected chi connectivity index (χ3v) is 9.65. The Morgan fingerprint density at radius 2 is 1.85 bits per heavy atom. The summed E-state index contributed by atoms with van der Waals surface area (Å²) < 4.78 is 8.41. The summed E-state index contributed by atoms with van der Waals surface area (Å²) in [6, 6.07) is 8.51. The van der Waals surface area contributed by atoms with Crippen molar-refractivity contribution in [2.75, 3.05) is 24.5 Å². The lowest BCUT2D eigenvalue weighted by Gasteiger charge is -2.46. The molecular weight excluding hydrogens is 506 g/mol. The van der Waals surface area contributed by atoms with Gasteiger partial charge in [0.25, 0.3) is 5.91 Å². The minimum Gasteiger partial charge on any atom is -0.453 e. The third kappa shape index (κ3) is 4.10. The van der Waals surface area contributed by atoms with Crippen molar-refractivity contribution in [3.63, 3.8) is 0 Å². The second kappa shape index (κ2) is 9.16. The van der Waals surface area contributed by atoms with E-state index in [-0.39, 0.29) is 23.8 Å².